The highest BCUT2D eigenvalue weighted by Crippen LogP contribution is 2.14. The average Bonchev–Trinajstić information content (AvgIpc) is 2.77. The van der Waals surface area contributed by atoms with E-state index < -0.39 is 0 Å². The topological polar surface area (TPSA) is 54.9 Å². The molecule has 7 heteroatoms. The number of nitrogens with one attached hydrogen (secondary N) is 2. The molecule has 1 heterocycles. The van der Waals surface area contributed by atoms with Crippen molar-refractivity contribution in [1.82, 2.24) is 10.6 Å². The average molecular weight is 541 g/mol. The van der Waals surface area contributed by atoms with Gasteiger partial charge in [-0.15, -0.1) is 24.0 Å². The van der Waals surface area contributed by atoms with Crippen molar-refractivity contribution >= 4 is 29.9 Å². The Kier molecular flexibility index (Phi) is 11.2. The molecule has 0 unspecified atom stereocenters. The first-order valence-corrected chi connectivity index (χ1v) is 10.6. The first-order valence-electron chi connectivity index (χ1n) is 10.6. The van der Waals surface area contributed by atoms with Crippen molar-refractivity contribution in [2.45, 2.75) is 45.4 Å². The van der Waals surface area contributed by atoms with Gasteiger partial charge in [-0.1, -0.05) is 30.3 Å². The molecule has 1 aliphatic rings. The first kappa shape index (κ1) is 25.5. The van der Waals surface area contributed by atoms with Crippen molar-refractivity contribution in [2.75, 3.05) is 26.8 Å². The van der Waals surface area contributed by atoms with Gasteiger partial charge in [-0.2, -0.15) is 0 Å². The van der Waals surface area contributed by atoms with Crippen molar-refractivity contribution < 1.29 is 13.9 Å². The largest absolute Gasteiger partial charge is 0.381 e. The standard InChI is InChI=1S/C24H32FN3O2.HI/c1-18-14-22(25)7-6-21(18)8-11-27-24(26-2)28-16-19-4-3-5-20(15-19)17-30-23-9-12-29-13-10-23;/h3-7,14-15,23H,8-13,16-17H2,1-2H3,(H2,26,27,28);1H. The molecule has 1 saturated heterocycles. The van der Waals surface area contributed by atoms with Gasteiger partial charge in [0.1, 0.15) is 5.82 Å². The van der Waals surface area contributed by atoms with Crippen LogP contribution in [0.4, 0.5) is 4.39 Å². The number of hydrogen-bond acceptors (Lipinski definition) is 3. The van der Waals surface area contributed by atoms with Crippen LogP contribution in [0, 0.1) is 12.7 Å². The van der Waals surface area contributed by atoms with E-state index in [9.17, 15) is 4.39 Å². The quantitative estimate of drug-likeness (QED) is 0.297. The van der Waals surface area contributed by atoms with E-state index in [-0.39, 0.29) is 29.8 Å². The summed E-state index contributed by atoms with van der Waals surface area (Å²) < 4.78 is 24.6. The molecular weight excluding hydrogens is 508 g/mol. The highest BCUT2D eigenvalue weighted by molar-refractivity contribution is 14.0. The molecule has 1 fully saturated rings. The van der Waals surface area contributed by atoms with Crippen LogP contribution in [-0.2, 0) is 29.0 Å². The number of halogens is 2. The third-order valence-electron chi connectivity index (χ3n) is 5.32. The highest BCUT2D eigenvalue weighted by atomic mass is 127. The van der Waals surface area contributed by atoms with Crippen LogP contribution in [-0.4, -0.2) is 38.9 Å². The zero-order valence-electron chi connectivity index (χ0n) is 18.3. The SMILES string of the molecule is CN=C(NCCc1ccc(F)cc1C)NCc1cccc(COC2CCOCC2)c1.I. The Hall–Kier alpha value is -1.71. The van der Waals surface area contributed by atoms with E-state index in [0.717, 1.165) is 56.1 Å². The van der Waals surface area contributed by atoms with E-state index in [1.807, 2.05) is 13.0 Å². The third kappa shape index (κ3) is 8.74. The fourth-order valence-corrected chi connectivity index (χ4v) is 3.55. The maximum absolute atomic E-state index is 13.2. The molecule has 0 saturated carbocycles. The zero-order valence-corrected chi connectivity index (χ0v) is 20.7. The Bertz CT molecular complexity index is 841. The molecule has 2 aromatic carbocycles. The van der Waals surface area contributed by atoms with E-state index in [2.05, 4.69) is 39.9 Å². The lowest BCUT2D eigenvalue weighted by atomic mass is 10.1. The second-order valence-electron chi connectivity index (χ2n) is 7.62. The maximum atomic E-state index is 13.2. The smallest absolute Gasteiger partial charge is 0.191 e. The summed E-state index contributed by atoms with van der Waals surface area (Å²) in [5.74, 6) is 0.556. The Morgan fingerprint density at radius 2 is 1.90 bits per heavy atom. The normalized spacial score (nSPS) is 14.7. The van der Waals surface area contributed by atoms with Crippen molar-refractivity contribution in [2.24, 2.45) is 4.99 Å². The molecule has 0 atom stereocenters. The molecule has 5 nitrogen and oxygen atoms in total. The number of benzene rings is 2. The monoisotopic (exact) mass is 541 g/mol. The number of aryl methyl sites for hydroxylation is 1. The summed E-state index contributed by atoms with van der Waals surface area (Å²) in [5.41, 5.74) is 4.46. The molecule has 0 aromatic heterocycles. The molecule has 0 amide bonds. The molecule has 170 valence electrons. The van der Waals surface area contributed by atoms with Gasteiger partial charge in [0.25, 0.3) is 0 Å². The predicted molar refractivity (Wildman–Crippen MR) is 134 cm³/mol. The van der Waals surface area contributed by atoms with Gasteiger partial charge in [-0.05, 0) is 60.6 Å². The van der Waals surface area contributed by atoms with E-state index in [0.29, 0.717) is 19.3 Å². The number of nitrogens with zero attached hydrogens (tertiary/aromatic N) is 1. The number of ether oxygens (including phenoxy) is 2. The van der Waals surface area contributed by atoms with Crippen LogP contribution in [0.2, 0.25) is 0 Å². The van der Waals surface area contributed by atoms with Gasteiger partial charge < -0.3 is 20.1 Å². The van der Waals surface area contributed by atoms with Crippen LogP contribution in [0.25, 0.3) is 0 Å². The van der Waals surface area contributed by atoms with Gasteiger partial charge in [0.15, 0.2) is 5.96 Å². The predicted octanol–water partition coefficient (Wildman–Crippen LogP) is 4.36. The number of rotatable bonds is 8. The maximum Gasteiger partial charge on any atom is 0.191 e. The van der Waals surface area contributed by atoms with Crippen LogP contribution < -0.4 is 10.6 Å². The van der Waals surface area contributed by atoms with Crippen molar-refractivity contribution in [3.8, 4) is 0 Å². The Labute approximate surface area is 201 Å². The minimum absolute atomic E-state index is 0. The molecule has 31 heavy (non-hydrogen) atoms. The molecule has 0 bridgehead atoms. The van der Waals surface area contributed by atoms with E-state index in [4.69, 9.17) is 9.47 Å². The van der Waals surface area contributed by atoms with Gasteiger partial charge in [-0.25, -0.2) is 4.39 Å². The summed E-state index contributed by atoms with van der Waals surface area (Å²) in [6.07, 6.45) is 3.06. The van der Waals surface area contributed by atoms with Gasteiger partial charge in [0.2, 0.25) is 0 Å². The van der Waals surface area contributed by atoms with Gasteiger partial charge in [-0.3, -0.25) is 4.99 Å². The fraction of sp³-hybridized carbons (Fsp3) is 0.458. The lowest BCUT2D eigenvalue weighted by Crippen LogP contribution is -2.37. The number of guanidine groups is 1. The van der Waals surface area contributed by atoms with Crippen LogP contribution in [0.15, 0.2) is 47.5 Å². The lowest BCUT2D eigenvalue weighted by Gasteiger charge is -2.22. The van der Waals surface area contributed by atoms with Crippen molar-refractivity contribution in [3.05, 3.63) is 70.5 Å². The number of aliphatic imine (C=N–C) groups is 1. The van der Waals surface area contributed by atoms with Gasteiger partial charge in [0, 0.05) is 33.4 Å². The van der Waals surface area contributed by atoms with E-state index in [1.165, 1.54) is 17.2 Å². The Balaban J connectivity index is 0.00000341. The summed E-state index contributed by atoms with van der Waals surface area (Å²) in [7, 11) is 1.76. The molecule has 1 aliphatic heterocycles. The van der Waals surface area contributed by atoms with Crippen LogP contribution in [0.3, 0.4) is 0 Å². The number of hydrogen-bond donors (Lipinski definition) is 2. The summed E-state index contributed by atoms with van der Waals surface area (Å²) in [4.78, 5) is 4.29. The highest BCUT2D eigenvalue weighted by Gasteiger charge is 2.14. The molecule has 0 spiro atoms. The third-order valence-corrected chi connectivity index (χ3v) is 5.32. The van der Waals surface area contributed by atoms with Crippen LogP contribution in [0.1, 0.15) is 35.1 Å². The van der Waals surface area contributed by atoms with E-state index >= 15 is 0 Å². The summed E-state index contributed by atoms with van der Waals surface area (Å²) in [6.45, 7) is 5.56. The Morgan fingerprint density at radius 1 is 1.13 bits per heavy atom. The van der Waals surface area contributed by atoms with E-state index in [1.54, 1.807) is 13.1 Å². The molecule has 0 radical (unpaired) electrons. The Morgan fingerprint density at radius 3 is 2.65 bits per heavy atom. The van der Waals surface area contributed by atoms with Crippen molar-refractivity contribution in [1.29, 1.82) is 0 Å². The summed E-state index contributed by atoms with van der Waals surface area (Å²) in [5, 5.41) is 6.67. The van der Waals surface area contributed by atoms with Gasteiger partial charge in [0.05, 0.1) is 12.7 Å². The first-order chi connectivity index (χ1) is 14.6. The molecular formula is C24H33FIN3O2. The second-order valence-corrected chi connectivity index (χ2v) is 7.62. The lowest BCUT2D eigenvalue weighted by molar-refractivity contribution is -0.0390. The molecule has 2 aromatic rings. The fourth-order valence-electron chi connectivity index (χ4n) is 3.55. The zero-order chi connectivity index (χ0) is 21.2. The van der Waals surface area contributed by atoms with Gasteiger partial charge >= 0.3 is 0 Å². The molecule has 0 aliphatic carbocycles. The summed E-state index contributed by atoms with van der Waals surface area (Å²) >= 11 is 0. The van der Waals surface area contributed by atoms with Crippen LogP contribution in [0.5, 0.6) is 0 Å². The minimum Gasteiger partial charge on any atom is -0.381 e. The summed E-state index contributed by atoms with van der Waals surface area (Å²) in [6, 6.07) is 13.3. The van der Waals surface area contributed by atoms with Crippen molar-refractivity contribution in [3.63, 3.8) is 0 Å². The minimum atomic E-state index is -0.193. The van der Waals surface area contributed by atoms with Crippen LogP contribution >= 0.6 is 24.0 Å². The molecule has 2 N–H and O–H groups in total. The molecule has 3 rings (SSSR count). The second kappa shape index (κ2) is 13.6.